The number of hydrogen-bond donors (Lipinski definition) is 4. The molecule has 3 amide bonds. The van der Waals surface area contributed by atoms with E-state index >= 15 is 0 Å². The number of carboxylic acid groups (broad SMARTS) is 1. The molecule has 0 spiro atoms. The number of nitrogens with zero attached hydrogens (tertiary/aromatic N) is 2. The van der Waals surface area contributed by atoms with Gasteiger partial charge in [0.15, 0.2) is 0 Å². The molecule has 1 aromatic carbocycles. The van der Waals surface area contributed by atoms with Gasteiger partial charge in [-0.15, -0.1) is 0 Å². The van der Waals surface area contributed by atoms with Gasteiger partial charge < -0.3 is 36.0 Å². The molecule has 0 heterocycles. The van der Waals surface area contributed by atoms with Crippen LogP contribution < -0.4 is 21.1 Å². The summed E-state index contributed by atoms with van der Waals surface area (Å²) in [6.45, 7) is 6.08. The fourth-order valence-corrected chi connectivity index (χ4v) is 4.36. The molecule has 0 aliphatic heterocycles. The summed E-state index contributed by atoms with van der Waals surface area (Å²) in [5.74, 6) is -1.25. The van der Waals surface area contributed by atoms with E-state index in [0.29, 0.717) is 43.4 Å². The third-order valence-corrected chi connectivity index (χ3v) is 6.24. The lowest BCUT2D eigenvalue weighted by atomic mass is 9.85. The Kier molecular flexibility index (Phi) is 15.0. The maximum Gasteiger partial charge on any atom is 0.415 e. The van der Waals surface area contributed by atoms with Crippen molar-refractivity contribution in [1.82, 2.24) is 20.4 Å². The highest BCUT2D eigenvalue weighted by Gasteiger charge is 2.22. The first kappa shape index (κ1) is 32.8. The van der Waals surface area contributed by atoms with Gasteiger partial charge in [0, 0.05) is 26.7 Å². The predicted octanol–water partition coefficient (Wildman–Crippen LogP) is 2.01. The highest BCUT2D eigenvalue weighted by atomic mass is 16.6. The number of hydrogen-bond acceptors (Lipinski definition) is 7. The van der Waals surface area contributed by atoms with E-state index in [4.69, 9.17) is 15.6 Å². The number of likely N-dealkylation sites (N-methyl/N-ethyl adjacent to an activating group) is 1. The molecular formula is C27H45N5O6. The highest BCUT2D eigenvalue weighted by molar-refractivity contribution is 5.96. The quantitative estimate of drug-likeness (QED) is 0.174. The van der Waals surface area contributed by atoms with Gasteiger partial charge in [-0.2, -0.15) is 0 Å². The molecule has 3 atom stereocenters. The van der Waals surface area contributed by atoms with Crippen LogP contribution in [-0.2, 0) is 14.4 Å². The molecule has 0 aliphatic rings. The van der Waals surface area contributed by atoms with Gasteiger partial charge in [0.25, 0.3) is 0 Å². The van der Waals surface area contributed by atoms with Gasteiger partial charge in [0.05, 0.1) is 0 Å². The number of carbonyl (C=O) groups is 4. The van der Waals surface area contributed by atoms with Crippen molar-refractivity contribution in [3.63, 3.8) is 0 Å². The van der Waals surface area contributed by atoms with Crippen LogP contribution in [-0.4, -0.2) is 92.1 Å². The van der Waals surface area contributed by atoms with E-state index < -0.39 is 36.3 Å². The number of aliphatic carboxylic acids is 1. The van der Waals surface area contributed by atoms with E-state index in [9.17, 15) is 19.2 Å². The zero-order valence-corrected chi connectivity index (χ0v) is 23.4. The van der Waals surface area contributed by atoms with Gasteiger partial charge in [-0.3, -0.25) is 14.4 Å². The number of ether oxygens (including phenoxy) is 1. The Morgan fingerprint density at radius 1 is 1.13 bits per heavy atom. The van der Waals surface area contributed by atoms with Crippen LogP contribution in [0, 0.1) is 5.92 Å². The molecule has 11 heteroatoms. The van der Waals surface area contributed by atoms with Gasteiger partial charge in [-0.1, -0.05) is 26.0 Å². The smallest absolute Gasteiger partial charge is 0.415 e. The number of benzene rings is 1. The average molecular weight is 536 g/mol. The highest BCUT2D eigenvalue weighted by Crippen LogP contribution is 2.30. The molecule has 0 fully saturated rings. The van der Waals surface area contributed by atoms with Crippen molar-refractivity contribution in [3.05, 3.63) is 29.8 Å². The van der Waals surface area contributed by atoms with Gasteiger partial charge in [-0.25, -0.2) is 4.79 Å². The first-order valence-electron chi connectivity index (χ1n) is 13.1. The minimum Gasteiger partial charge on any atom is -0.481 e. The van der Waals surface area contributed by atoms with E-state index in [-0.39, 0.29) is 13.1 Å². The molecule has 11 nitrogen and oxygen atoms in total. The molecule has 3 unspecified atom stereocenters. The molecule has 1 aromatic rings. The van der Waals surface area contributed by atoms with Crippen molar-refractivity contribution in [3.8, 4) is 5.75 Å². The lowest BCUT2D eigenvalue weighted by molar-refractivity contribution is -0.141. The Bertz CT molecular complexity index is 910. The number of carbonyl (C=O) groups excluding carboxylic acids is 3. The predicted molar refractivity (Wildman–Crippen MR) is 146 cm³/mol. The summed E-state index contributed by atoms with van der Waals surface area (Å²) >= 11 is 0. The third-order valence-electron chi connectivity index (χ3n) is 6.24. The average Bonchev–Trinajstić information content (AvgIpc) is 2.83. The summed E-state index contributed by atoms with van der Waals surface area (Å²) in [4.78, 5) is 51.4. The van der Waals surface area contributed by atoms with Crippen molar-refractivity contribution < 1.29 is 29.0 Å². The maximum atomic E-state index is 12.6. The van der Waals surface area contributed by atoms with E-state index in [2.05, 4.69) is 49.5 Å². The van der Waals surface area contributed by atoms with Crippen LogP contribution in [0.2, 0.25) is 0 Å². The molecule has 0 bridgehead atoms. The zero-order valence-electron chi connectivity index (χ0n) is 23.4. The summed E-state index contributed by atoms with van der Waals surface area (Å²) in [5, 5.41) is 13.9. The van der Waals surface area contributed by atoms with E-state index in [1.165, 1.54) is 4.90 Å². The minimum absolute atomic E-state index is 0.132. The van der Waals surface area contributed by atoms with Crippen molar-refractivity contribution in [2.24, 2.45) is 11.7 Å². The molecule has 0 saturated carbocycles. The number of nitrogens with one attached hydrogen (secondary N) is 2. The fourth-order valence-electron chi connectivity index (χ4n) is 4.36. The number of nitrogens with two attached hydrogens (primary N) is 1. The number of amides is 3. The molecule has 38 heavy (non-hydrogen) atoms. The topological polar surface area (TPSA) is 154 Å². The second kappa shape index (κ2) is 17.4. The van der Waals surface area contributed by atoms with Gasteiger partial charge in [0.1, 0.15) is 18.2 Å². The summed E-state index contributed by atoms with van der Waals surface area (Å²) in [6, 6.07) is 6.70. The van der Waals surface area contributed by atoms with Gasteiger partial charge in [-0.05, 0) is 75.9 Å². The minimum atomic E-state index is -1.28. The molecule has 0 aliphatic carbocycles. The van der Waals surface area contributed by atoms with Crippen LogP contribution in [0.5, 0.6) is 5.75 Å². The Labute approximate surface area is 226 Å². The summed E-state index contributed by atoms with van der Waals surface area (Å²) in [6.07, 6.45) is 1.29. The maximum absolute atomic E-state index is 12.6. The van der Waals surface area contributed by atoms with Crippen LogP contribution >= 0.6 is 0 Å². The molecule has 0 aromatic heterocycles. The van der Waals surface area contributed by atoms with E-state index in [0.717, 1.165) is 18.5 Å². The Hall–Kier alpha value is -3.18. The molecule has 5 N–H and O–H groups in total. The Balaban J connectivity index is 2.66. The van der Waals surface area contributed by atoms with E-state index in [1.54, 1.807) is 13.1 Å². The van der Waals surface area contributed by atoms with Crippen LogP contribution in [0.15, 0.2) is 24.3 Å². The summed E-state index contributed by atoms with van der Waals surface area (Å²) in [5.41, 5.74) is 6.62. The number of unbranched alkanes of at least 4 members (excludes halogenated alkanes) is 1. The van der Waals surface area contributed by atoms with Gasteiger partial charge >= 0.3 is 12.1 Å². The lowest BCUT2D eigenvalue weighted by Gasteiger charge is -2.26. The summed E-state index contributed by atoms with van der Waals surface area (Å²) in [7, 11) is 5.67. The van der Waals surface area contributed by atoms with Crippen molar-refractivity contribution in [1.29, 1.82) is 0 Å². The SMILES string of the molecule is CCC(c1cccc(OC(=O)N(C)CCNC(=O)C(CCCCN)NC(=O)CC(=O)O)c1)C(C)CN(C)C. The van der Waals surface area contributed by atoms with Crippen LogP contribution in [0.3, 0.4) is 0 Å². The zero-order chi connectivity index (χ0) is 28.7. The largest absolute Gasteiger partial charge is 0.481 e. The molecule has 0 saturated heterocycles. The van der Waals surface area contributed by atoms with Crippen molar-refractivity contribution >= 4 is 23.9 Å². The van der Waals surface area contributed by atoms with Crippen molar-refractivity contribution in [2.45, 2.75) is 57.9 Å². The third kappa shape index (κ3) is 12.4. The fraction of sp³-hybridized carbons (Fsp3) is 0.630. The Morgan fingerprint density at radius 3 is 2.45 bits per heavy atom. The van der Waals surface area contributed by atoms with Gasteiger partial charge in [0.2, 0.25) is 11.8 Å². The summed E-state index contributed by atoms with van der Waals surface area (Å²) < 4.78 is 5.57. The second-order valence-corrected chi connectivity index (χ2v) is 9.88. The second-order valence-electron chi connectivity index (χ2n) is 9.88. The van der Waals surface area contributed by atoms with Crippen LogP contribution in [0.1, 0.15) is 57.4 Å². The molecular weight excluding hydrogens is 490 g/mol. The van der Waals surface area contributed by atoms with Crippen LogP contribution in [0.4, 0.5) is 4.79 Å². The first-order valence-corrected chi connectivity index (χ1v) is 13.1. The Morgan fingerprint density at radius 2 is 1.84 bits per heavy atom. The number of carboxylic acids is 1. The van der Waals surface area contributed by atoms with Crippen molar-refractivity contribution in [2.75, 3.05) is 47.3 Å². The normalized spacial score (nSPS) is 13.3. The molecule has 0 radical (unpaired) electrons. The number of rotatable bonds is 17. The van der Waals surface area contributed by atoms with Crippen LogP contribution in [0.25, 0.3) is 0 Å². The molecule has 214 valence electrons. The lowest BCUT2D eigenvalue weighted by Crippen LogP contribution is -2.48. The first-order chi connectivity index (χ1) is 18.0. The molecule has 1 rings (SSSR count). The van der Waals surface area contributed by atoms with E-state index in [1.807, 2.05) is 12.1 Å². The standard InChI is InChI=1S/C27H45N5O6/c1-6-22(19(2)18-31(3)4)20-10-9-11-21(16-20)38-27(37)32(5)15-14-29-26(36)23(12-7-8-13-28)30-24(33)17-25(34)35/h9-11,16,19,22-23H,6-8,12-15,17-18,28H2,1-5H3,(H,29,36)(H,30,33)(H,34,35). The monoisotopic (exact) mass is 535 g/mol.